The molecule has 4 rings (SSSR count). The number of likely N-dealkylation sites (N-methyl/N-ethyl adjacent to an activating group) is 1. The first kappa shape index (κ1) is 35.4. The lowest BCUT2D eigenvalue weighted by molar-refractivity contribution is -0.147. The van der Waals surface area contributed by atoms with Gasteiger partial charge in [-0.25, -0.2) is 4.79 Å². The molecule has 0 spiro atoms. The molecule has 10 nitrogen and oxygen atoms in total. The number of ether oxygens (including phenoxy) is 1. The van der Waals surface area contributed by atoms with Gasteiger partial charge in [-0.2, -0.15) is 5.26 Å². The second-order valence-corrected chi connectivity index (χ2v) is 13.2. The summed E-state index contributed by atoms with van der Waals surface area (Å²) < 4.78 is 5.42. The zero-order valence-electron chi connectivity index (χ0n) is 27.9. The molecule has 1 fully saturated rings. The maximum Gasteiger partial charge on any atom is 0.408 e. The Balaban J connectivity index is 1.60. The SMILES string of the molecule is C=C[C@]1(C(=O)Nc2ccccc2)C[C@@H](C#N)N(C(=O)[C@H](Cc2ccccc2)N(C)C(=O)[C@@H](NC(=O)OCc2ccccc2)C(C)(C)C)C1. The van der Waals surface area contributed by atoms with Gasteiger partial charge in [-0.3, -0.25) is 14.4 Å². The van der Waals surface area contributed by atoms with Crippen LogP contribution in [0.25, 0.3) is 0 Å². The molecule has 10 heteroatoms. The monoisotopic (exact) mass is 649 g/mol. The molecular weight excluding hydrogens is 606 g/mol. The molecule has 0 unspecified atom stereocenters. The van der Waals surface area contributed by atoms with Crippen LogP contribution in [0.3, 0.4) is 0 Å². The molecule has 0 aliphatic carbocycles. The fourth-order valence-electron chi connectivity index (χ4n) is 5.77. The van der Waals surface area contributed by atoms with Crippen LogP contribution in [0.15, 0.2) is 104 Å². The summed E-state index contributed by atoms with van der Waals surface area (Å²) >= 11 is 0. The van der Waals surface area contributed by atoms with Crippen molar-refractivity contribution in [1.82, 2.24) is 15.1 Å². The summed E-state index contributed by atoms with van der Waals surface area (Å²) in [6, 6.07) is 26.5. The Morgan fingerprint density at radius 3 is 2.10 bits per heavy atom. The van der Waals surface area contributed by atoms with Gasteiger partial charge in [0.2, 0.25) is 17.7 Å². The van der Waals surface area contributed by atoms with Crippen LogP contribution in [0.5, 0.6) is 0 Å². The van der Waals surface area contributed by atoms with Crippen LogP contribution in [0, 0.1) is 22.2 Å². The van der Waals surface area contributed by atoms with Crippen molar-refractivity contribution in [3.8, 4) is 6.07 Å². The van der Waals surface area contributed by atoms with Crippen LogP contribution < -0.4 is 10.6 Å². The van der Waals surface area contributed by atoms with E-state index in [-0.39, 0.29) is 31.9 Å². The number of likely N-dealkylation sites (tertiary alicyclic amines) is 1. The van der Waals surface area contributed by atoms with Gasteiger partial charge in [0, 0.05) is 32.1 Å². The highest BCUT2D eigenvalue weighted by Crippen LogP contribution is 2.38. The molecule has 0 aromatic heterocycles. The largest absolute Gasteiger partial charge is 0.445 e. The van der Waals surface area contributed by atoms with Crippen molar-refractivity contribution in [2.24, 2.45) is 10.8 Å². The summed E-state index contributed by atoms with van der Waals surface area (Å²) in [7, 11) is 1.52. The first-order valence-corrected chi connectivity index (χ1v) is 15.9. The van der Waals surface area contributed by atoms with Crippen LogP contribution in [0.1, 0.15) is 38.3 Å². The molecule has 1 heterocycles. The predicted molar refractivity (Wildman–Crippen MR) is 183 cm³/mol. The number of nitrogens with zero attached hydrogens (tertiary/aromatic N) is 3. The third kappa shape index (κ3) is 8.48. The number of benzene rings is 3. The molecule has 4 atom stereocenters. The maximum atomic E-state index is 14.5. The maximum absolute atomic E-state index is 14.5. The minimum Gasteiger partial charge on any atom is -0.445 e. The molecular formula is C38H43N5O5. The highest BCUT2D eigenvalue weighted by molar-refractivity contribution is 5.98. The Morgan fingerprint density at radius 1 is 1.00 bits per heavy atom. The number of anilines is 1. The molecule has 1 aliphatic rings. The third-order valence-electron chi connectivity index (χ3n) is 8.65. The number of alkyl carbamates (subject to hydrolysis) is 1. The lowest BCUT2D eigenvalue weighted by atomic mass is 9.84. The van der Waals surface area contributed by atoms with E-state index in [1.54, 1.807) is 24.3 Å². The lowest BCUT2D eigenvalue weighted by Crippen LogP contribution is -2.59. The van der Waals surface area contributed by atoms with Gasteiger partial charge in [-0.15, -0.1) is 6.58 Å². The second-order valence-electron chi connectivity index (χ2n) is 13.2. The Morgan fingerprint density at radius 2 is 1.56 bits per heavy atom. The van der Waals surface area contributed by atoms with Gasteiger partial charge in [-0.1, -0.05) is 106 Å². The van der Waals surface area contributed by atoms with Crippen molar-refractivity contribution in [2.45, 2.75) is 58.3 Å². The number of carbonyl (C=O) groups is 4. The quantitative estimate of drug-likeness (QED) is 0.270. The predicted octanol–water partition coefficient (Wildman–Crippen LogP) is 5.33. The molecule has 0 bridgehead atoms. The van der Waals surface area contributed by atoms with Crippen LogP contribution in [-0.4, -0.2) is 65.3 Å². The van der Waals surface area contributed by atoms with Gasteiger partial charge in [0.15, 0.2) is 0 Å². The number of para-hydroxylation sites is 1. The molecule has 0 radical (unpaired) electrons. The van der Waals surface area contributed by atoms with Gasteiger partial charge in [0.1, 0.15) is 24.7 Å². The molecule has 4 amide bonds. The summed E-state index contributed by atoms with van der Waals surface area (Å²) in [6.07, 6.45) is 0.913. The number of amides is 4. The summed E-state index contributed by atoms with van der Waals surface area (Å²) in [5.74, 6) is -1.37. The van der Waals surface area contributed by atoms with Crippen LogP contribution in [0.2, 0.25) is 0 Å². The molecule has 3 aromatic rings. The van der Waals surface area contributed by atoms with E-state index in [0.29, 0.717) is 5.69 Å². The number of hydrogen-bond acceptors (Lipinski definition) is 6. The minimum absolute atomic E-state index is 0.0239. The number of hydrogen-bond donors (Lipinski definition) is 2. The molecule has 48 heavy (non-hydrogen) atoms. The van der Waals surface area contributed by atoms with Crippen LogP contribution in [0.4, 0.5) is 10.5 Å². The van der Waals surface area contributed by atoms with Crippen LogP contribution in [-0.2, 0) is 32.1 Å². The van der Waals surface area contributed by atoms with Gasteiger partial charge in [0.05, 0.1) is 11.5 Å². The Kier molecular flexibility index (Phi) is 11.4. The molecule has 1 aliphatic heterocycles. The fourth-order valence-corrected chi connectivity index (χ4v) is 5.77. The standard InChI is InChI=1S/C38H43N5O5/c1-6-38(35(46)40-29-20-14-9-15-21-29)23-30(24-39)43(26-38)33(44)31(22-27-16-10-7-11-17-27)42(5)34(45)32(37(2,3)4)41-36(47)48-25-28-18-12-8-13-19-28/h6-21,30-32H,1,22-23,25-26H2,2-5H3,(H,40,46)(H,41,47)/t30-,31-,32+,38-/m0/s1. The van der Waals surface area contributed by atoms with E-state index in [1.807, 2.05) is 87.5 Å². The Bertz CT molecular complexity index is 1630. The first-order valence-electron chi connectivity index (χ1n) is 15.9. The Labute approximate surface area is 282 Å². The molecule has 0 saturated carbocycles. The van der Waals surface area contributed by atoms with E-state index in [2.05, 4.69) is 23.3 Å². The summed E-state index contributed by atoms with van der Waals surface area (Å²) in [5.41, 5.74) is 0.180. The van der Waals surface area contributed by atoms with Crippen molar-refractivity contribution >= 4 is 29.5 Å². The number of rotatable bonds is 11. The van der Waals surface area contributed by atoms with E-state index in [1.165, 1.54) is 22.9 Å². The second kappa shape index (κ2) is 15.4. The molecule has 250 valence electrons. The zero-order valence-corrected chi connectivity index (χ0v) is 27.9. The van der Waals surface area contributed by atoms with Crippen molar-refractivity contribution < 1.29 is 23.9 Å². The van der Waals surface area contributed by atoms with Crippen LogP contribution >= 0.6 is 0 Å². The van der Waals surface area contributed by atoms with E-state index < -0.39 is 46.9 Å². The van der Waals surface area contributed by atoms with E-state index in [9.17, 15) is 24.4 Å². The number of nitriles is 1. The zero-order chi connectivity index (χ0) is 34.9. The average Bonchev–Trinajstić information content (AvgIpc) is 3.49. The normalized spacial score (nSPS) is 18.5. The molecule has 3 aromatic carbocycles. The van der Waals surface area contributed by atoms with Crippen molar-refractivity contribution in [3.05, 3.63) is 115 Å². The van der Waals surface area contributed by atoms with Crippen molar-refractivity contribution in [3.63, 3.8) is 0 Å². The lowest BCUT2D eigenvalue weighted by Gasteiger charge is -2.37. The number of nitrogens with one attached hydrogen (secondary N) is 2. The minimum atomic E-state index is -1.23. The highest BCUT2D eigenvalue weighted by atomic mass is 16.5. The fraction of sp³-hybridized carbons (Fsp3) is 0.342. The molecule has 2 N–H and O–H groups in total. The number of carbonyl (C=O) groups excluding carboxylic acids is 4. The van der Waals surface area contributed by atoms with Crippen molar-refractivity contribution in [2.75, 3.05) is 18.9 Å². The first-order chi connectivity index (χ1) is 22.9. The van der Waals surface area contributed by atoms with Gasteiger partial charge >= 0.3 is 6.09 Å². The highest BCUT2D eigenvalue weighted by Gasteiger charge is 2.51. The van der Waals surface area contributed by atoms with Gasteiger partial charge in [-0.05, 0) is 28.7 Å². The Hall–Kier alpha value is -5.43. The average molecular weight is 650 g/mol. The smallest absolute Gasteiger partial charge is 0.408 e. The summed E-state index contributed by atoms with van der Waals surface area (Å²) in [5, 5.41) is 15.8. The van der Waals surface area contributed by atoms with E-state index in [4.69, 9.17) is 4.74 Å². The summed E-state index contributed by atoms with van der Waals surface area (Å²) in [6.45, 7) is 9.27. The van der Waals surface area contributed by atoms with E-state index >= 15 is 0 Å². The third-order valence-corrected chi connectivity index (χ3v) is 8.65. The van der Waals surface area contributed by atoms with Gasteiger partial charge in [0.25, 0.3) is 0 Å². The summed E-state index contributed by atoms with van der Waals surface area (Å²) in [4.78, 5) is 58.0. The van der Waals surface area contributed by atoms with E-state index in [0.717, 1.165) is 11.1 Å². The van der Waals surface area contributed by atoms with Gasteiger partial charge < -0.3 is 25.2 Å². The molecule has 1 saturated heterocycles. The topological polar surface area (TPSA) is 132 Å². The van der Waals surface area contributed by atoms with Crippen molar-refractivity contribution in [1.29, 1.82) is 5.26 Å².